The summed E-state index contributed by atoms with van der Waals surface area (Å²) >= 11 is 0. The predicted octanol–water partition coefficient (Wildman–Crippen LogP) is 5.72. The minimum absolute atomic E-state index is 0.0839. The fraction of sp³-hybridized carbons (Fsp3) is 0.458. The van der Waals surface area contributed by atoms with Crippen LogP contribution in [0.15, 0.2) is 35.3 Å². The second kappa shape index (κ2) is 11.8. The van der Waals surface area contributed by atoms with E-state index in [2.05, 4.69) is 37.0 Å². The maximum atomic E-state index is 13.6. The first-order valence-electron chi connectivity index (χ1n) is 10.7. The van der Waals surface area contributed by atoms with E-state index in [0.717, 1.165) is 24.6 Å². The molecule has 2 aromatic rings. The van der Waals surface area contributed by atoms with Gasteiger partial charge in [0.05, 0.1) is 24.2 Å². The van der Waals surface area contributed by atoms with E-state index >= 15 is 0 Å². The summed E-state index contributed by atoms with van der Waals surface area (Å²) in [5, 5.41) is 0. The molecule has 0 heterocycles. The Morgan fingerprint density at radius 1 is 1.10 bits per heavy atom. The van der Waals surface area contributed by atoms with Gasteiger partial charge in [-0.2, -0.15) is 0 Å². The molecule has 164 valence electrons. The van der Waals surface area contributed by atoms with Crippen molar-refractivity contribution in [2.24, 2.45) is 4.99 Å². The summed E-state index contributed by atoms with van der Waals surface area (Å²) in [4.78, 5) is 6.24. The van der Waals surface area contributed by atoms with Crippen LogP contribution in [0.25, 0.3) is 0 Å². The van der Waals surface area contributed by atoms with Crippen LogP contribution in [0.2, 0.25) is 6.04 Å². The fourth-order valence-electron chi connectivity index (χ4n) is 3.37. The lowest BCUT2D eigenvalue weighted by atomic mass is 10.1. The van der Waals surface area contributed by atoms with Gasteiger partial charge in [0.2, 0.25) is 0 Å². The molecule has 0 unspecified atom stereocenters. The number of benzene rings is 2. The Morgan fingerprint density at radius 3 is 2.43 bits per heavy atom. The van der Waals surface area contributed by atoms with Crippen LogP contribution in [0, 0.1) is 20.8 Å². The van der Waals surface area contributed by atoms with E-state index in [1.807, 2.05) is 25.8 Å². The molecule has 0 atom stereocenters. The van der Waals surface area contributed by atoms with Gasteiger partial charge in [-0.25, -0.2) is 13.8 Å². The molecule has 30 heavy (non-hydrogen) atoms. The number of hydrogen-bond donors (Lipinski definition) is 0. The van der Waals surface area contributed by atoms with E-state index in [1.165, 1.54) is 28.8 Å². The van der Waals surface area contributed by atoms with Gasteiger partial charge in [0.25, 0.3) is 6.43 Å². The smallest absolute Gasteiger partial charge is 0.267 e. The van der Waals surface area contributed by atoms with Gasteiger partial charge in [-0.05, 0) is 57.9 Å². The van der Waals surface area contributed by atoms with E-state index < -0.39 is 6.43 Å². The number of hydrogen-bond acceptors (Lipinski definition) is 2. The number of aryl methyl sites for hydroxylation is 3. The van der Waals surface area contributed by atoms with Crippen LogP contribution in [-0.4, -0.2) is 41.0 Å². The molecule has 2 rings (SSSR count). The zero-order valence-electron chi connectivity index (χ0n) is 18.8. The lowest BCUT2D eigenvalue weighted by molar-refractivity contribution is 0.145. The molecule has 6 heteroatoms. The molecule has 0 radical (unpaired) electrons. The molecule has 0 aromatic heterocycles. The quantitative estimate of drug-likeness (QED) is 0.196. The molecule has 0 saturated heterocycles. The van der Waals surface area contributed by atoms with Crippen LogP contribution in [0.4, 0.5) is 14.5 Å². The Balaban J connectivity index is 1.89. The molecule has 0 aliphatic carbocycles. The Hall–Kier alpha value is -2.21. The first kappa shape index (κ1) is 24.1. The van der Waals surface area contributed by atoms with Crippen molar-refractivity contribution in [2.45, 2.75) is 52.6 Å². The van der Waals surface area contributed by atoms with Crippen LogP contribution < -0.4 is 4.74 Å². The van der Waals surface area contributed by atoms with Crippen molar-refractivity contribution >= 4 is 21.5 Å². The standard InChI is InChI=1S/C24H34F2N2OSi/c1-6-28(5)16-27-22-14-21(24(25)26)23(13-19(22)4)29-8-7-9-30-15-20-11-17(2)10-18(3)12-20/h10-14,16,24H,6-9,15,30H2,1-5H3. The van der Waals surface area contributed by atoms with Crippen LogP contribution >= 0.6 is 0 Å². The number of ether oxygens (including phenoxy) is 1. The number of rotatable bonds is 11. The highest BCUT2D eigenvalue weighted by Gasteiger charge is 2.17. The van der Waals surface area contributed by atoms with Crippen molar-refractivity contribution in [2.75, 3.05) is 20.2 Å². The topological polar surface area (TPSA) is 24.8 Å². The Bertz CT molecular complexity index is 835. The minimum Gasteiger partial charge on any atom is -0.493 e. The van der Waals surface area contributed by atoms with E-state index in [4.69, 9.17) is 4.74 Å². The van der Waals surface area contributed by atoms with Crippen molar-refractivity contribution < 1.29 is 13.5 Å². The van der Waals surface area contributed by atoms with Crippen molar-refractivity contribution in [3.63, 3.8) is 0 Å². The second-order valence-electron chi connectivity index (χ2n) is 7.95. The van der Waals surface area contributed by atoms with Crippen molar-refractivity contribution in [1.29, 1.82) is 0 Å². The molecule has 0 amide bonds. The van der Waals surface area contributed by atoms with Crippen molar-refractivity contribution in [1.82, 2.24) is 4.90 Å². The monoisotopic (exact) mass is 432 g/mol. The number of nitrogens with zero attached hydrogens (tertiary/aromatic N) is 2. The summed E-state index contributed by atoms with van der Waals surface area (Å²) in [6.45, 7) is 9.42. The highest BCUT2D eigenvalue weighted by molar-refractivity contribution is 6.34. The normalized spacial score (nSPS) is 11.9. The third-order valence-electron chi connectivity index (χ3n) is 5.11. The molecular formula is C24H34F2N2OSi. The number of aliphatic imine (C=N–C) groups is 1. The third kappa shape index (κ3) is 7.56. The summed E-state index contributed by atoms with van der Waals surface area (Å²) in [7, 11) is 1.67. The number of halogens is 2. The van der Waals surface area contributed by atoms with Gasteiger partial charge in [-0.3, -0.25) is 0 Å². The fourth-order valence-corrected chi connectivity index (χ4v) is 4.87. The highest BCUT2D eigenvalue weighted by atomic mass is 28.2. The zero-order valence-corrected chi connectivity index (χ0v) is 20.3. The molecule has 0 saturated carbocycles. The summed E-state index contributed by atoms with van der Waals surface area (Å²) < 4.78 is 32.9. The van der Waals surface area contributed by atoms with Crippen molar-refractivity contribution in [3.05, 3.63) is 58.1 Å². The third-order valence-corrected chi connectivity index (χ3v) is 7.04. The van der Waals surface area contributed by atoms with Crippen molar-refractivity contribution in [3.8, 4) is 5.75 Å². The van der Waals surface area contributed by atoms with E-state index in [0.29, 0.717) is 12.3 Å². The zero-order chi connectivity index (χ0) is 22.1. The van der Waals surface area contributed by atoms with Gasteiger partial charge in [0.15, 0.2) is 0 Å². The number of alkyl halides is 2. The maximum absolute atomic E-state index is 13.6. The second-order valence-corrected chi connectivity index (χ2v) is 9.86. The largest absolute Gasteiger partial charge is 0.493 e. The predicted molar refractivity (Wildman–Crippen MR) is 126 cm³/mol. The lowest BCUT2D eigenvalue weighted by Gasteiger charge is -2.14. The molecule has 0 N–H and O–H groups in total. The maximum Gasteiger partial charge on any atom is 0.267 e. The molecule has 0 aliphatic rings. The minimum atomic E-state index is -2.59. The van der Waals surface area contributed by atoms with Crippen LogP contribution in [0.1, 0.15) is 47.6 Å². The van der Waals surface area contributed by atoms with Gasteiger partial charge in [0.1, 0.15) is 5.75 Å². The Morgan fingerprint density at radius 2 is 1.80 bits per heavy atom. The van der Waals surface area contributed by atoms with E-state index in [9.17, 15) is 8.78 Å². The van der Waals surface area contributed by atoms with E-state index in [-0.39, 0.29) is 20.8 Å². The lowest BCUT2D eigenvalue weighted by Crippen LogP contribution is -2.14. The summed E-state index contributed by atoms with van der Waals surface area (Å²) in [5.41, 5.74) is 5.34. The first-order valence-corrected chi connectivity index (χ1v) is 12.7. The first-order chi connectivity index (χ1) is 14.3. The summed E-state index contributed by atoms with van der Waals surface area (Å²) in [5.74, 6) is 0.279. The van der Waals surface area contributed by atoms with Gasteiger partial charge < -0.3 is 9.64 Å². The average molecular weight is 433 g/mol. The van der Waals surface area contributed by atoms with E-state index in [1.54, 1.807) is 12.4 Å². The highest BCUT2D eigenvalue weighted by Crippen LogP contribution is 2.35. The van der Waals surface area contributed by atoms with Crippen LogP contribution in [0.5, 0.6) is 5.75 Å². The molecule has 0 fully saturated rings. The van der Waals surface area contributed by atoms with Crippen LogP contribution in [-0.2, 0) is 6.04 Å². The Kier molecular flexibility index (Phi) is 9.50. The van der Waals surface area contributed by atoms with Gasteiger partial charge in [-0.15, -0.1) is 0 Å². The molecule has 3 nitrogen and oxygen atoms in total. The molecular weight excluding hydrogens is 398 g/mol. The SMILES string of the molecule is CCN(C)C=Nc1cc(C(F)F)c(OCCC[SiH2]Cc2cc(C)cc(C)c2)cc1C. The molecule has 0 bridgehead atoms. The van der Waals surface area contributed by atoms with Gasteiger partial charge in [0, 0.05) is 23.1 Å². The molecule has 0 aliphatic heterocycles. The summed E-state index contributed by atoms with van der Waals surface area (Å²) in [6, 6.07) is 12.2. The summed E-state index contributed by atoms with van der Waals surface area (Å²) in [6.07, 6.45) is -0.0179. The van der Waals surface area contributed by atoms with Gasteiger partial charge in [-0.1, -0.05) is 40.9 Å². The molecule has 0 spiro atoms. The van der Waals surface area contributed by atoms with Crippen LogP contribution in [0.3, 0.4) is 0 Å². The molecule has 2 aromatic carbocycles. The van der Waals surface area contributed by atoms with Gasteiger partial charge >= 0.3 is 0 Å². The average Bonchev–Trinajstić information content (AvgIpc) is 2.68. The Labute approximate surface area is 182 Å².